The van der Waals surface area contributed by atoms with Crippen LogP contribution in [-0.2, 0) is 34.0 Å². The summed E-state index contributed by atoms with van der Waals surface area (Å²) in [5.74, 6) is 1.56. The summed E-state index contributed by atoms with van der Waals surface area (Å²) in [6, 6.07) is 26.1. The highest BCUT2D eigenvalue weighted by molar-refractivity contribution is 5.49. The van der Waals surface area contributed by atoms with Gasteiger partial charge in [-0.2, -0.15) is 0 Å². The predicted octanol–water partition coefficient (Wildman–Crippen LogP) is 4.05. The molecule has 3 aromatic carbocycles. The highest BCUT2D eigenvalue weighted by Crippen LogP contribution is 2.41. The SMILES string of the molecule is COc1ccc(C(OCCOCCOCCOCCOCCOCCN)(c2ccccc2)c2ccc(OC)cc2)cc1. The van der Waals surface area contributed by atoms with Crippen LogP contribution in [-0.4, -0.2) is 93.4 Å². The third-order valence-electron chi connectivity index (χ3n) is 6.47. The molecule has 230 valence electrons. The van der Waals surface area contributed by atoms with E-state index in [1.165, 1.54) is 0 Å². The van der Waals surface area contributed by atoms with Crippen LogP contribution in [0.15, 0.2) is 78.9 Å². The van der Waals surface area contributed by atoms with Crippen molar-refractivity contribution in [2.45, 2.75) is 5.60 Å². The lowest BCUT2D eigenvalue weighted by molar-refractivity contribution is -0.0391. The van der Waals surface area contributed by atoms with Gasteiger partial charge in [-0.15, -0.1) is 0 Å². The first-order valence-electron chi connectivity index (χ1n) is 14.3. The topological polar surface area (TPSA) is 99.9 Å². The first-order valence-corrected chi connectivity index (χ1v) is 14.3. The number of hydrogen-bond acceptors (Lipinski definition) is 9. The molecular weight excluding hydrogens is 538 g/mol. The van der Waals surface area contributed by atoms with E-state index in [1.54, 1.807) is 14.2 Å². The molecule has 0 aromatic heterocycles. The Morgan fingerprint density at radius 2 is 0.810 bits per heavy atom. The predicted molar refractivity (Wildman–Crippen MR) is 161 cm³/mol. The Morgan fingerprint density at radius 3 is 1.19 bits per heavy atom. The molecule has 0 spiro atoms. The van der Waals surface area contributed by atoms with Gasteiger partial charge < -0.3 is 43.6 Å². The van der Waals surface area contributed by atoms with E-state index in [4.69, 9.17) is 43.6 Å². The molecule has 0 unspecified atom stereocenters. The van der Waals surface area contributed by atoms with Crippen molar-refractivity contribution < 1.29 is 37.9 Å². The molecule has 3 rings (SSSR count). The Hall–Kier alpha value is -3.02. The monoisotopic (exact) mass is 583 g/mol. The maximum atomic E-state index is 6.76. The quantitative estimate of drug-likeness (QED) is 0.131. The number of benzene rings is 3. The summed E-state index contributed by atoms with van der Waals surface area (Å²) < 4.78 is 45.2. The smallest absolute Gasteiger partial charge is 0.143 e. The van der Waals surface area contributed by atoms with Crippen molar-refractivity contribution in [2.75, 3.05) is 93.4 Å². The van der Waals surface area contributed by atoms with Crippen molar-refractivity contribution in [1.82, 2.24) is 0 Å². The Kier molecular flexibility index (Phi) is 15.9. The van der Waals surface area contributed by atoms with Crippen LogP contribution < -0.4 is 15.2 Å². The van der Waals surface area contributed by atoms with Gasteiger partial charge in [0.05, 0.1) is 86.9 Å². The van der Waals surface area contributed by atoms with Crippen molar-refractivity contribution >= 4 is 0 Å². The van der Waals surface area contributed by atoms with E-state index in [0.29, 0.717) is 79.2 Å². The van der Waals surface area contributed by atoms with Crippen LogP contribution in [0.5, 0.6) is 11.5 Å². The lowest BCUT2D eigenvalue weighted by Crippen LogP contribution is -2.34. The third kappa shape index (κ3) is 10.7. The van der Waals surface area contributed by atoms with Crippen LogP contribution in [0.3, 0.4) is 0 Å². The summed E-state index contributed by atoms with van der Waals surface area (Å²) in [6.45, 7) is 5.88. The highest BCUT2D eigenvalue weighted by atomic mass is 16.6. The molecule has 0 radical (unpaired) electrons. The van der Waals surface area contributed by atoms with Gasteiger partial charge in [0.15, 0.2) is 0 Å². The van der Waals surface area contributed by atoms with E-state index in [-0.39, 0.29) is 0 Å². The van der Waals surface area contributed by atoms with E-state index < -0.39 is 5.60 Å². The standard InChI is InChI=1S/C33H45NO8/c1-35-31-12-8-29(9-13-31)33(28-6-4-3-5-7-28,30-10-14-32(36-2)15-11-30)42-27-26-41-25-24-40-23-22-39-21-20-38-19-18-37-17-16-34/h3-15H,16-27,34H2,1-2H3. The van der Waals surface area contributed by atoms with Gasteiger partial charge in [-0.25, -0.2) is 0 Å². The van der Waals surface area contributed by atoms with Gasteiger partial charge in [0.25, 0.3) is 0 Å². The summed E-state index contributed by atoms with van der Waals surface area (Å²) >= 11 is 0. The second kappa shape index (κ2) is 20.0. The Labute approximate surface area is 249 Å². The second-order valence-corrected chi connectivity index (χ2v) is 9.20. The molecule has 2 N–H and O–H groups in total. The summed E-state index contributed by atoms with van der Waals surface area (Å²) in [5.41, 5.74) is 7.47. The number of nitrogens with two attached hydrogens (primary N) is 1. The second-order valence-electron chi connectivity index (χ2n) is 9.20. The number of ether oxygens (including phenoxy) is 8. The minimum Gasteiger partial charge on any atom is -0.497 e. The number of hydrogen-bond donors (Lipinski definition) is 1. The zero-order chi connectivity index (χ0) is 29.7. The fourth-order valence-corrected chi connectivity index (χ4v) is 4.39. The van der Waals surface area contributed by atoms with Gasteiger partial charge in [0.1, 0.15) is 17.1 Å². The van der Waals surface area contributed by atoms with Gasteiger partial charge in [-0.3, -0.25) is 0 Å². The number of rotatable bonds is 23. The maximum absolute atomic E-state index is 6.76. The van der Waals surface area contributed by atoms with Crippen LogP contribution >= 0.6 is 0 Å². The van der Waals surface area contributed by atoms with E-state index in [9.17, 15) is 0 Å². The van der Waals surface area contributed by atoms with Gasteiger partial charge in [0.2, 0.25) is 0 Å². The Balaban J connectivity index is 1.48. The van der Waals surface area contributed by atoms with Crippen LogP contribution in [0.1, 0.15) is 16.7 Å². The van der Waals surface area contributed by atoms with Crippen molar-refractivity contribution in [3.63, 3.8) is 0 Å². The molecule has 0 amide bonds. The maximum Gasteiger partial charge on any atom is 0.143 e. The fourth-order valence-electron chi connectivity index (χ4n) is 4.39. The largest absolute Gasteiger partial charge is 0.497 e. The minimum atomic E-state index is -0.863. The minimum absolute atomic E-state index is 0.368. The lowest BCUT2D eigenvalue weighted by atomic mass is 9.80. The van der Waals surface area contributed by atoms with E-state index in [1.807, 2.05) is 66.7 Å². The molecule has 0 aliphatic rings. The normalized spacial score (nSPS) is 11.5. The number of methoxy groups -OCH3 is 2. The Morgan fingerprint density at radius 1 is 0.452 bits per heavy atom. The molecular formula is C33H45NO8. The summed E-state index contributed by atoms with van der Waals surface area (Å²) in [7, 11) is 3.32. The lowest BCUT2D eigenvalue weighted by Gasteiger charge is -2.36. The molecule has 9 heteroatoms. The highest BCUT2D eigenvalue weighted by Gasteiger charge is 2.37. The summed E-state index contributed by atoms with van der Waals surface area (Å²) in [6.07, 6.45) is 0. The molecule has 42 heavy (non-hydrogen) atoms. The first-order chi connectivity index (χ1) is 20.7. The molecule has 0 fully saturated rings. The molecule has 0 heterocycles. The van der Waals surface area contributed by atoms with E-state index in [2.05, 4.69) is 12.1 Å². The van der Waals surface area contributed by atoms with Crippen molar-refractivity contribution in [1.29, 1.82) is 0 Å². The fraction of sp³-hybridized carbons (Fsp3) is 0.455. The zero-order valence-corrected chi connectivity index (χ0v) is 24.8. The van der Waals surface area contributed by atoms with Gasteiger partial charge in [0, 0.05) is 6.54 Å². The third-order valence-corrected chi connectivity index (χ3v) is 6.47. The van der Waals surface area contributed by atoms with Crippen molar-refractivity contribution in [2.24, 2.45) is 5.73 Å². The van der Waals surface area contributed by atoms with Crippen LogP contribution in [0.25, 0.3) is 0 Å². The first kappa shape index (κ1) is 33.5. The van der Waals surface area contributed by atoms with Crippen LogP contribution in [0, 0.1) is 0 Å². The zero-order valence-electron chi connectivity index (χ0n) is 24.8. The van der Waals surface area contributed by atoms with Gasteiger partial charge in [-0.1, -0.05) is 54.6 Å². The van der Waals surface area contributed by atoms with Gasteiger partial charge >= 0.3 is 0 Å². The molecule has 0 aliphatic heterocycles. The Bertz CT molecular complexity index is 1030. The van der Waals surface area contributed by atoms with Crippen LogP contribution in [0.2, 0.25) is 0 Å². The molecule has 0 aliphatic carbocycles. The van der Waals surface area contributed by atoms with Crippen LogP contribution in [0.4, 0.5) is 0 Å². The average molecular weight is 584 g/mol. The molecule has 0 atom stereocenters. The van der Waals surface area contributed by atoms with Gasteiger partial charge in [-0.05, 0) is 41.0 Å². The molecule has 3 aromatic rings. The van der Waals surface area contributed by atoms with Crippen molar-refractivity contribution in [3.8, 4) is 11.5 Å². The van der Waals surface area contributed by atoms with E-state index in [0.717, 1.165) is 28.2 Å². The molecule has 9 nitrogen and oxygen atoms in total. The van der Waals surface area contributed by atoms with Crippen molar-refractivity contribution in [3.05, 3.63) is 95.6 Å². The summed E-state index contributed by atoms with van der Waals surface area (Å²) in [4.78, 5) is 0. The molecule has 0 saturated heterocycles. The summed E-state index contributed by atoms with van der Waals surface area (Å²) in [5, 5.41) is 0. The average Bonchev–Trinajstić information content (AvgIpc) is 3.05. The molecule has 0 bridgehead atoms. The molecule has 0 saturated carbocycles. The van der Waals surface area contributed by atoms with E-state index >= 15 is 0 Å².